The van der Waals surface area contributed by atoms with Crippen LogP contribution in [-0.2, 0) is 16.0 Å². The largest absolute Gasteiger partial charge is 0.360 e. The minimum Gasteiger partial charge on any atom is -0.360 e. The van der Waals surface area contributed by atoms with Crippen LogP contribution in [0.15, 0.2) is 29.7 Å². The molecule has 0 spiro atoms. The third-order valence-corrected chi connectivity index (χ3v) is 7.28. The van der Waals surface area contributed by atoms with Gasteiger partial charge >= 0.3 is 0 Å². The molecule has 5 aliphatic rings. The number of carbonyl (C=O) groups is 1. The third kappa shape index (κ3) is 5.45. The zero-order valence-electron chi connectivity index (χ0n) is 21.2. The lowest BCUT2D eigenvalue weighted by molar-refractivity contribution is -0.152. The van der Waals surface area contributed by atoms with Gasteiger partial charge in [-0.2, -0.15) is 10.2 Å². The number of fused-ring (bicyclic) bond motifs is 3. The van der Waals surface area contributed by atoms with Gasteiger partial charge in [-0.05, 0) is 25.0 Å². The first-order valence-electron chi connectivity index (χ1n) is 13.0. The van der Waals surface area contributed by atoms with Crippen molar-refractivity contribution in [2.24, 2.45) is 11.8 Å². The Labute approximate surface area is 215 Å². The number of hydrogen-bond acceptors (Lipinski definition) is 8. The normalized spacial score (nSPS) is 28.2. The summed E-state index contributed by atoms with van der Waals surface area (Å²) in [6, 6.07) is 1.70. The van der Waals surface area contributed by atoms with Gasteiger partial charge in [-0.15, -0.1) is 0 Å². The number of likely N-dealkylation sites (tertiary alicyclic amines) is 1. The van der Waals surface area contributed by atoms with Crippen LogP contribution >= 0.6 is 0 Å². The number of aryl methyl sites for hydroxylation is 1. The number of nitrogens with one attached hydrogen (secondary N) is 2. The standard InChI is InChI=1S/C23H27F2N7O2.C3H6/c1-3-14-8-27-22(32-9-13(7-26)10-32)30-20(14)29-15-4-5-17-16(6-15)18-19(21(33)31(17)2)34-12-23(24,25)11-28-18;1-2-3-1/h4-5,8,13,16,18-19,28H,3,6,9-12H2,1-2H3,(H,27,29,30);1-3H2. The van der Waals surface area contributed by atoms with Gasteiger partial charge in [-0.25, -0.2) is 13.8 Å². The number of halogens is 2. The molecule has 6 rings (SSSR count). The first-order chi connectivity index (χ1) is 17.8. The van der Waals surface area contributed by atoms with E-state index in [4.69, 9.17) is 15.0 Å². The lowest BCUT2D eigenvalue weighted by Crippen LogP contribution is -2.59. The van der Waals surface area contributed by atoms with Crippen LogP contribution in [0.25, 0.3) is 0 Å². The van der Waals surface area contributed by atoms with Gasteiger partial charge in [-0.1, -0.05) is 26.2 Å². The predicted molar refractivity (Wildman–Crippen MR) is 134 cm³/mol. The number of hydrogen-bond donors (Lipinski definition) is 2. The maximum absolute atomic E-state index is 14.0. The Morgan fingerprint density at radius 2 is 2.05 bits per heavy atom. The Hall–Kier alpha value is -3.10. The summed E-state index contributed by atoms with van der Waals surface area (Å²) in [5, 5.41) is 15.4. The van der Waals surface area contributed by atoms with Crippen molar-refractivity contribution in [2.75, 3.05) is 43.5 Å². The van der Waals surface area contributed by atoms with Gasteiger partial charge in [0.05, 0.1) is 24.6 Å². The molecule has 2 N–H and O–H groups in total. The summed E-state index contributed by atoms with van der Waals surface area (Å²) in [6.07, 6.45) is 10.3. The van der Waals surface area contributed by atoms with E-state index in [0.29, 0.717) is 31.3 Å². The van der Waals surface area contributed by atoms with Crippen LogP contribution in [0.5, 0.6) is 0 Å². The molecule has 1 aromatic rings. The van der Waals surface area contributed by atoms with Crippen molar-refractivity contribution >= 4 is 17.7 Å². The second-order valence-corrected chi connectivity index (χ2v) is 10.3. The summed E-state index contributed by atoms with van der Waals surface area (Å²) in [4.78, 5) is 25.4. The van der Waals surface area contributed by atoms with Crippen LogP contribution in [-0.4, -0.2) is 72.1 Å². The highest BCUT2D eigenvalue weighted by Gasteiger charge is 2.50. The van der Waals surface area contributed by atoms with Crippen LogP contribution < -0.4 is 15.5 Å². The maximum atomic E-state index is 14.0. The van der Waals surface area contributed by atoms with E-state index >= 15 is 0 Å². The molecule has 1 aromatic heterocycles. The van der Waals surface area contributed by atoms with E-state index in [-0.39, 0.29) is 17.7 Å². The number of alkyl halides is 2. The van der Waals surface area contributed by atoms with Gasteiger partial charge in [0.15, 0.2) is 6.10 Å². The maximum Gasteiger partial charge on any atom is 0.283 e. The fourth-order valence-corrected chi connectivity index (χ4v) is 4.91. The first kappa shape index (κ1) is 25.5. The van der Waals surface area contributed by atoms with Crippen LogP contribution in [0.1, 0.15) is 38.2 Å². The van der Waals surface area contributed by atoms with Gasteiger partial charge in [0.1, 0.15) is 12.4 Å². The number of piperidine rings is 1. The number of rotatable bonds is 4. The molecule has 198 valence electrons. The summed E-state index contributed by atoms with van der Waals surface area (Å²) in [5.74, 6) is -2.31. The Balaban J connectivity index is 0.000000872. The second kappa shape index (κ2) is 10.3. The molecular formula is C26H33F2N7O2. The van der Waals surface area contributed by atoms with Crippen molar-refractivity contribution in [3.63, 3.8) is 0 Å². The molecule has 0 aromatic carbocycles. The van der Waals surface area contributed by atoms with E-state index in [0.717, 1.165) is 23.4 Å². The van der Waals surface area contributed by atoms with E-state index in [1.807, 2.05) is 24.0 Å². The molecule has 0 bridgehead atoms. The van der Waals surface area contributed by atoms with Gasteiger partial charge in [0.25, 0.3) is 11.8 Å². The van der Waals surface area contributed by atoms with E-state index in [1.165, 1.54) is 24.2 Å². The minimum absolute atomic E-state index is 0.00362. The number of amides is 1. The van der Waals surface area contributed by atoms with Crippen molar-refractivity contribution in [3.8, 4) is 6.07 Å². The Bertz CT molecular complexity index is 1140. The number of anilines is 2. The molecule has 11 heteroatoms. The smallest absolute Gasteiger partial charge is 0.283 e. The van der Waals surface area contributed by atoms with E-state index in [2.05, 4.69) is 21.7 Å². The molecule has 37 heavy (non-hydrogen) atoms. The van der Waals surface area contributed by atoms with Crippen LogP contribution in [0.3, 0.4) is 0 Å². The SMILES string of the molecule is C1CC1.CCc1cnc(N2CC(C#N)C2)nc1NC1=CC=C2C(C1)C1NCC(F)(F)COC1C(=O)N2C. The van der Waals surface area contributed by atoms with Crippen molar-refractivity contribution in [1.82, 2.24) is 20.2 Å². The Morgan fingerprint density at radius 3 is 2.73 bits per heavy atom. The van der Waals surface area contributed by atoms with Crippen LogP contribution in [0, 0.1) is 23.2 Å². The molecule has 4 heterocycles. The number of aromatic nitrogens is 2. The van der Waals surface area contributed by atoms with Gasteiger partial charge in [0.2, 0.25) is 5.95 Å². The molecule has 1 amide bonds. The number of carbonyl (C=O) groups excluding carboxylic acids is 1. The molecule has 3 aliphatic heterocycles. The first-order valence-corrected chi connectivity index (χ1v) is 13.0. The quantitative estimate of drug-likeness (QED) is 0.633. The Morgan fingerprint density at radius 1 is 1.30 bits per heavy atom. The van der Waals surface area contributed by atoms with Gasteiger partial charge in [0, 0.05) is 49.2 Å². The molecule has 4 fully saturated rings. The highest BCUT2D eigenvalue weighted by Crippen LogP contribution is 2.38. The van der Waals surface area contributed by atoms with E-state index in [1.54, 1.807) is 13.2 Å². The summed E-state index contributed by atoms with van der Waals surface area (Å²) in [6.45, 7) is 1.93. The molecule has 3 saturated heterocycles. The highest BCUT2D eigenvalue weighted by molar-refractivity contribution is 5.85. The zero-order chi connectivity index (χ0) is 26.2. The summed E-state index contributed by atoms with van der Waals surface area (Å²) >= 11 is 0. The zero-order valence-corrected chi connectivity index (χ0v) is 21.2. The summed E-state index contributed by atoms with van der Waals surface area (Å²) in [7, 11) is 1.66. The lowest BCUT2D eigenvalue weighted by Gasteiger charge is -2.44. The number of ether oxygens (including phenoxy) is 1. The minimum atomic E-state index is -3.03. The van der Waals surface area contributed by atoms with E-state index < -0.39 is 31.2 Å². The van der Waals surface area contributed by atoms with Gasteiger partial charge < -0.3 is 25.2 Å². The number of allylic oxidation sites excluding steroid dienone is 3. The van der Waals surface area contributed by atoms with E-state index in [9.17, 15) is 13.6 Å². The van der Waals surface area contributed by atoms with Crippen molar-refractivity contribution in [1.29, 1.82) is 5.26 Å². The average Bonchev–Trinajstić information content (AvgIpc) is 3.74. The van der Waals surface area contributed by atoms with Crippen molar-refractivity contribution < 1.29 is 18.3 Å². The van der Waals surface area contributed by atoms with Crippen LogP contribution in [0.2, 0.25) is 0 Å². The topological polar surface area (TPSA) is 106 Å². The Kier molecular flexibility index (Phi) is 7.14. The third-order valence-electron chi connectivity index (χ3n) is 7.28. The van der Waals surface area contributed by atoms with Crippen molar-refractivity contribution in [3.05, 3.63) is 35.3 Å². The molecule has 1 saturated carbocycles. The fourth-order valence-electron chi connectivity index (χ4n) is 4.91. The molecular weight excluding hydrogens is 480 g/mol. The monoisotopic (exact) mass is 513 g/mol. The second-order valence-electron chi connectivity index (χ2n) is 10.3. The summed E-state index contributed by atoms with van der Waals surface area (Å²) < 4.78 is 33.4. The van der Waals surface area contributed by atoms with Gasteiger partial charge in [-0.3, -0.25) is 4.79 Å². The number of nitrogens with zero attached hydrogens (tertiary/aromatic N) is 5. The predicted octanol–water partition coefficient (Wildman–Crippen LogP) is 2.83. The fraction of sp³-hybridized carbons (Fsp3) is 0.615. The number of likely N-dealkylation sites (N-methyl/N-ethyl adjacent to an activating group) is 1. The molecule has 3 unspecified atom stereocenters. The van der Waals surface area contributed by atoms with Crippen molar-refractivity contribution in [2.45, 2.75) is 57.1 Å². The number of nitriles is 1. The average molecular weight is 514 g/mol. The lowest BCUT2D eigenvalue weighted by atomic mass is 9.80. The summed E-state index contributed by atoms with van der Waals surface area (Å²) in [5.41, 5.74) is 2.59. The molecule has 9 nitrogen and oxygen atoms in total. The van der Waals surface area contributed by atoms with Crippen LogP contribution in [0.4, 0.5) is 20.5 Å². The molecule has 3 atom stereocenters. The molecule has 2 aliphatic carbocycles. The highest BCUT2D eigenvalue weighted by atomic mass is 19.3. The molecule has 0 radical (unpaired) electrons.